The van der Waals surface area contributed by atoms with Crippen molar-refractivity contribution in [3.8, 4) is 11.1 Å². The summed E-state index contributed by atoms with van der Waals surface area (Å²) in [5, 5.41) is 20.7. The fraction of sp³-hybridized carbons (Fsp3) is 0.270. The molecule has 3 N–H and O–H groups in total. The van der Waals surface area contributed by atoms with Crippen molar-refractivity contribution in [2.75, 3.05) is 11.4 Å². The lowest BCUT2D eigenvalue weighted by Crippen LogP contribution is -2.36. The van der Waals surface area contributed by atoms with E-state index in [4.69, 9.17) is 5.11 Å². The van der Waals surface area contributed by atoms with Crippen LogP contribution in [0.1, 0.15) is 65.1 Å². The van der Waals surface area contributed by atoms with Gasteiger partial charge in [0, 0.05) is 11.3 Å². The number of hydrogen-bond donors (Lipinski definition) is 3. The lowest BCUT2D eigenvalue weighted by atomic mass is 9.84. The molecule has 1 aliphatic rings. The number of amides is 2. The number of carbonyl (C=O) groups is 3. The van der Waals surface area contributed by atoms with Crippen molar-refractivity contribution < 1.29 is 24.6 Å². The zero-order chi connectivity index (χ0) is 30.9. The van der Waals surface area contributed by atoms with E-state index in [-0.39, 0.29) is 18.9 Å². The molecule has 4 aromatic carbocycles. The van der Waals surface area contributed by atoms with E-state index in [0.717, 1.165) is 27.9 Å². The summed E-state index contributed by atoms with van der Waals surface area (Å²) < 4.78 is 0. The van der Waals surface area contributed by atoms with Gasteiger partial charge >= 0.3 is 5.97 Å². The van der Waals surface area contributed by atoms with Crippen LogP contribution in [0.2, 0.25) is 0 Å². The van der Waals surface area contributed by atoms with E-state index in [1.54, 1.807) is 29.2 Å². The third-order valence-corrected chi connectivity index (χ3v) is 8.30. The zero-order valence-electron chi connectivity index (χ0n) is 24.7. The predicted octanol–water partition coefficient (Wildman–Crippen LogP) is 6.35. The van der Waals surface area contributed by atoms with Crippen LogP contribution in [0.4, 0.5) is 5.69 Å². The van der Waals surface area contributed by atoms with Gasteiger partial charge < -0.3 is 20.4 Å². The molecule has 226 valence electrons. The largest absolute Gasteiger partial charge is 0.479 e. The molecule has 1 fully saturated rings. The van der Waals surface area contributed by atoms with Crippen LogP contribution in [0.25, 0.3) is 11.1 Å². The maximum Gasteiger partial charge on any atom is 0.334 e. The summed E-state index contributed by atoms with van der Waals surface area (Å²) in [6.07, 6.45) is 4.80. The predicted molar refractivity (Wildman–Crippen MR) is 171 cm³/mol. The summed E-state index contributed by atoms with van der Waals surface area (Å²) in [6, 6.07) is 33.4. The van der Waals surface area contributed by atoms with E-state index in [1.165, 1.54) is 37.7 Å². The van der Waals surface area contributed by atoms with Gasteiger partial charge in [-0.1, -0.05) is 98.1 Å². The number of anilines is 1. The number of hydrogen-bond acceptors (Lipinski definition) is 4. The van der Waals surface area contributed by atoms with Crippen LogP contribution < -0.4 is 10.2 Å². The van der Waals surface area contributed by atoms with Gasteiger partial charge in [0.15, 0.2) is 6.10 Å². The third kappa shape index (κ3) is 7.99. The van der Waals surface area contributed by atoms with Crippen molar-refractivity contribution in [1.82, 2.24) is 5.32 Å². The van der Waals surface area contributed by atoms with E-state index in [2.05, 4.69) is 29.6 Å². The Labute approximate surface area is 258 Å². The number of nitrogens with one attached hydrogen (secondary N) is 1. The number of carboxylic acids is 1. The Morgan fingerprint density at radius 3 is 2.00 bits per heavy atom. The third-order valence-electron chi connectivity index (χ3n) is 8.30. The molecule has 5 rings (SSSR count). The summed E-state index contributed by atoms with van der Waals surface area (Å²) >= 11 is 0. The minimum absolute atomic E-state index is 0.0349. The second-order valence-electron chi connectivity index (χ2n) is 11.4. The zero-order valence-corrected chi connectivity index (χ0v) is 24.7. The van der Waals surface area contributed by atoms with Gasteiger partial charge in [-0.3, -0.25) is 9.59 Å². The SMILES string of the molecule is O=C(NC[C@@H](O)C(=O)O)c1ccc(CN(C(=O)Cc2ccc(-c3ccccc3)cc2)c2ccc(C3CCCCC3)cc2)cc1. The Hall–Kier alpha value is -4.75. The molecule has 0 aliphatic heterocycles. The van der Waals surface area contributed by atoms with E-state index >= 15 is 0 Å². The summed E-state index contributed by atoms with van der Waals surface area (Å²) in [4.78, 5) is 38.9. The lowest BCUT2D eigenvalue weighted by Gasteiger charge is -2.26. The molecule has 7 heteroatoms. The fourth-order valence-electron chi connectivity index (χ4n) is 5.72. The molecule has 1 atom stereocenters. The highest BCUT2D eigenvalue weighted by molar-refractivity contribution is 5.95. The maximum atomic E-state index is 13.8. The quantitative estimate of drug-likeness (QED) is 0.189. The first-order valence-corrected chi connectivity index (χ1v) is 15.2. The average molecular weight is 591 g/mol. The van der Waals surface area contributed by atoms with Crippen LogP contribution >= 0.6 is 0 Å². The molecule has 0 saturated heterocycles. The molecule has 2 amide bonds. The number of aliphatic carboxylic acids is 1. The van der Waals surface area contributed by atoms with Crippen molar-refractivity contribution in [1.29, 1.82) is 0 Å². The summed E-state index contributed by atoms with van der Waals surface area (Å²) in [5.41, 5.74) is 6.46. The first-order chi connectivity index (χ1) is 21.4. The number of rotatable bonds is 11. The van der Waals surface area contributed by atoms with Gasteiger partial charge in [-0.2, -0.15) is 0 Å². The highest BCUT2D eigenvalue weighted by atomic mass is 16.4. The molecular weight excluding hydrogens is 552 g/mol. The van der Waals surface area contributed by atoms with Crippen LogP contribution in [0.3, 0.4) is 0 Å². The topological polar surface area (TPSA) is 107 Å². The van der Waals surface area contributed by atoms with Gasteiger partial charge in [-0.05, 0) is 70.8 Å². The summed E-state index contributed by atoms with van der Waals surface area (Å²) in [5.74, 6) is -1.35. The molecule has 0 bridgehead atoms. The van der Waals surface area contributed by atoms with E-state index < -0.39 is 18.0 Å². The molecule has 4 aromatic rings. The number of aliphatic hydroxyl groups is 1. The molecule has 0 aromatic heterocycles. The van der Waals surface area contributed by atoms with Gasteiger partial charge in [-0.25, -0.2) is 4.79 Å². The van der Waals surface area contributed by atoms with Crippen LogP contribution in [0, 0.1) is 0 Å². The monoisotopic (exact) mass is 590 g/mol. The molecular formula is C37H38N2O5. The van der Waals surface area contributed by atoms with E-state index in [9.17, 15) is 19.5 Å². The molecule has 7 nitrogen and oxygen atoms in total. The maximum absolute atomic E-state index is 13.8. The average Bonchev–Trinajstić information content (AvgIpc) is 3.07. The molecule has 0 radical (unpaired) electrons. The van der Waals surface area contributed by atoms with Gasteiger partial charge in [0.2, 0.25) is 5.91 Å². The standard InChI is InChI=1S/C37H38N2O5/c40-34(37(43)44)24-38-36(42)32-17-13-27(14-18-32)25-39(33-21-19-31(20-22-33)29-9-5-2-6-10-29)35(41)23-26-11-15-30(16-12-26)28-7-3-1-4-8-28/h1,3-4,7-8,11-22,29,34,40H,2,5-6,9-10,23-25H2,(H,38,42)(H,43,44)/t34-/m1/s1. The lowest BCUT2D eigenvalue weighted by molar-refractivity contribution is -0.146. The Morgan fingerprint density at radius 1 is 0.750 bits per heavy atom. The fourth-order valence-corrected chi connectivity index (χ4v) is 5.72. The van der Waals surface area contributed by atoms with Crippen LogP contribution in [-0.2, 0) is 22.6 Å². The molecule has 1 aliphatic carbocycles. The number of nitrogens with zero attached hydrogens (tertiary/aromatic N) is 1. The van der Waals surface area contributed by atoms with Crippen molar-refractivity contribution in [3.05, 3.63) is 125 Å². The van der Waals surface area contributed by atoms with Crippen molar-refractivity contribution >= 4 is 23.5 Å². The number of aliphatic hydroxyl groups excluding tert-OH is 1. The Bertz CT molecular complexity index is 1540. The first kappa shape index (κ1) is 30.7. The first-order valence-electron chi connectivity index (χ1n) is 15.2. The van der Waals surface area contributed by atoms with Gasteiger partial charge in [0.1, 0.15) is 0 Å². The second-order valence-corrected chi connectivity index (χ2v) is 11.4. The smallest absolute Gasteiger partial charge is 0.334 e. The minimum Gasteiger partial charge on any atom is -0.479 e. The molecule has 0 heterocycles. The number of carbonyl (C=O) groups excluding carboxylic acids is 2. The Morgan fingerprint density at radius 2 is 1.36 bits per heavy atom. The van der Waals surface area contributed by atoms with Crippen molar-refractivity contribution in [2.45, 2.75) is 57.1 Å². The molecule has 1 saturated carbocycles. The number of carboxylic acid groups (broad SMARTS) is 1. The van der Waals surface area contributed by atoms with Crippen molar-refractivity contribution in [2.24, 2.45) is 0 Å². The van der Waals surface area contributed by atoms with Crippen LogP contribution in [0.5, 0.6) is 0 Å². The second kappa shape index (κ2) is 14.6. The summed E-state index contributed by atoms with van der Waals surface area (Å²) in [6.45, 7) is -0.0648. The van der Waals surface area contributed by atoms with Gasteiger partial charge in [-0.15, -0.1) is 0 Å². The van der Waals surface area contributed by atoms with Crippen molar-refractivity contribution in [3.63, 3.8) is 0 Å². The summed E-state index contributed by atoms with van der Waals surface area (Å²) in [7, 11) is 0. The van der Waals surface area contributed by atoms with Gasteiger partial charge in [0.25, 0.3) is 5.91 Å². The molecule has 0 unspecified atom stereocenters. The number of benzene rings is 4. The van der Waals surface area contributed by atoms with Gasteiger partial charge in [0.05, 0.1) is 19.5 Å². The normalized spacial score (nSPS) is 14.0. The van der Waals surface area contributed by atoms with Crippen LogP contribution in [0.15, 0.2) is 103 Å². The Kier molecular flexibility index (Phi) is 10.2. The highest BCUT2D eigenvalue weighted by Gasteiger charge is 2.20. The van der Waals surface area contributed by atoms with E-state index in [1.807, 2.05) is 54.6 Å². The minimum atomic E-state index is -1.67. The molecule has 44 heavy (non-hydrogen) atoms. The Balaban J connectivity index is 1.32. The molecule has 0 spiro atoms. The van der Waals surface area contributed by atoms with Crippen LogP contribution in [-0.4, -0.2) is 40.6 Å². The highest BCUT2D eigenvalue weighted by Crippen LogP contribution is 2.33. The van der Waals surface area contributed by atoms with E-state index in [0.29, 0.717) is 18.0 Å².